The van der Waals surface area contributed by atoms with Crippen molar-refractivity contribution in [3.05, 3.63) is 47.5 Å². The Balaban J connectivity index is 1.73. The minimum absolute atomic E-state index is 0.0147. The predicted octanol–water partition coefficient (Wildman–Crippen LogP) is 2.47. The Morgan fingerprint density at radius 2 is 2.30 bits per heavy atom. The highest BCUT2D eigenvalue weighted by molar-refractivity contribution is 5.79. The first-order valence-corrected chi connectivity index (χ1v) is 7.69. The van der Waals surface area contributed by atoms with E-state index in [0.29, 0.717) is 5.56 Å². The van der Waals surface area contributed by atoms with E-state index in [1.165, 1.54) is 13.2 Å². The molecule has 2 heterocycles. The Hall–Kier alpha value is -2.37. The van der Waals surface area contributed by atoms with Gasteiger partial charge in [0.05, 0.1) is 25.8 Å². The molecule has 0 N–H and O–H groups in total. The third-order valence-electron chi connectivity index (χ3n) is 4.25. The van der Waals surface area contributed by atoms with Gasteiger partial charge in [-0.15, -0.1) is 0 Å². The molecular formula is C17H20FN3O2. The number of hydrogen-bond donors (Lipinski definition) is 0. The van der Waals surface area contributed by atoms with Crippen molar-refractivity contribution in [2.75, 3.05) is 13.7 Å². The van der Waals surface area contributed by atoms with Gasteiger partial charge >= 0.3 is 0 Å². The summed E-state index contributed by atoms with van der Waals surface area (Å²) in [5.74, 6) is -0.237. The molecule has 0 aliphatic carbocycles. The molecule has 1 atom stereocenters. The molecule has 0 bridgehead atoms. The Kier molecular flexibility index (Phi) is 4.32. The van der Waals surface area contributed by atoms with Gasteiger partial charge in [-0.05, 0) is 30.5 Å². The summed E-state index contributed by atoms with van der Waals surface area (Å²) < 4.78 is 20.4. The van der Waals surface area contributed by atoms with Crippen LogP contribution in [-0.4, -0.2) is 34.2 Å². The SMILES string of the molecule is COc1ccc(CC(=O)N2CCC[C@@H]2c2cnn(C)c2)cc1F. The minimum atomic E-state index is -0.442. The van der Waals surface area contributed by atoms with Crippen LogP contribution in [0.5, 0.6) is 5.75 Å². The van der Waals surface area contributed by atoms with Gasteiger partial charge in [0.2, 0.25) is 5.91 Å². The van der Waals surface area contributed by atoms with E-state index in [-0.39, 0.29) is 24.1 Å². The maximum atomic E-state index is 13.8. The molecular weight excluding hydrogens is 297 g/mol. The van der Waals surface area contributed by atoms with E-state index in [0.717, 1.165) is 24.9 Å². The van der Waals surface area contributed by atoms with Gasteiger partial charge in [0.25, 0.3) is 0 Å². The summed E-state index contributed by atoms with van der Waals surface area (Å²) in [6, 6.07) is 4.72. The Morgan fingerprint density at radius 3 is 2.96 bits per heavy atom. The summed E-state index contributed by atoms with van der Waals surface area (Å²) in [5, 5.41) is 4.18. The largest absolute Gasteiger partial charge is 0.494 e. The molecule has 1 amide bonds. The molecule has 1 aromatic carbocycles. The highest BCUT2D eigenvalue weighted by atomic mass is 19.1. The van der Waals surface area contributed by atoms with Gasteiger partial charge in [-0.2, -0.15) is 5.10 Å². The number of halogens is 1. The lowest BCUT2D eigenvalue weighted by molar-refractivity contribution is -0.131. The monoisotopic (exact) mass is 317 g/mol. The second kappa shape index (κ2) is 6.40. The van der Waals surface area contributed by atoms with Gasteiger partial charge in [-0.1, -0.05) is 6.07 Å². The molecule has 5 nitrogen and oxygen atoms in total. The van der Waals surface area contributed by atoms with Crippen molar-refractivity contribution in [1.82, 2.24) is 14.7 Å². The fourth-order valence-electron chi connectivity index (χ4n) is 3.12. The summed E-state index contributed by atoms with van der Waals surface area (Å²) in [4.78, 5) is 14.5. The smallest absolute Gasteiger partial charge is 0.227 e. The van der Waals surface area contributed by atoms with Crippen LogP contribution in [0.1, 0.15) is 30.0 Å². The number of nitrogens with zero attached hydrogens (tertiary/aromatic N) is 3. The van der Waals surface area contributed by atoms with Crippen molar-refractivity contribution in [3.8, 4) is 5.75 Å². The zero-order valence-corrected chi connectivity index (χ0v) is 13.3. The number of carbonyl (C=O) groups excluding carboxylic acids is 1. The van der Waals surface area contributed by atoms with Crippen LogP contribution in [0.2, 0.25) is 0 Å². The number of methoxy groups -OCH3 is 1. The fourth-order valence-corrected chi connectivity index (χ4v) is 3.12. The lowest BCUT2D eigenvalue weighted by Gasteiger charge is -2.24. The van der Waals surface area contributed by atoms with Crippen LogP contribution < -0.4 is 4.74 Å². The summed E-state index contributed by atoms with van der Waals surface area (Å²) >= 11 is 0. The molecule has 1 saturated heterocycles. The Bertz CT molecular complexity index is 714. The zero-order valence-electron chi connectivity index (χ0n) is 13.3. The molecule has 0 unspecified atom stereocenters. The van der Waals surface area contributed by atoms with Gasteiger partial charge in [-0.25, -0.2) is 4.39 Å². The standard InChI is InChI=1S/C17H20FN3O2/c1-20-11-13(10-19-20)15-4-3-7-21(15)17(22)9-12-5-6-16(23-2)14(18)8-12/h5-6,8,10-11,15H,3-4,7,9H2,1-2H3/t15-/m1/s1. The quantitative estimate of drug-likeness (QED) is 0.870. The van der Waals surface area contributed by atoms with E-state index >= 15 is 0 Å². The van der Waals surface area contributed by atoms with Crippen molar-refractivity contribution in [1.29, 1.82) is 0 Å². The maximum absolute atomic E-state index is 13.8. The summed E-state index contributed by atoms with van der Waals surface area (Å²) in [6.45, 7) is 0.733. The van der Waals surface area contributed by atoms with Crippen LogP contribution in [0.3, 0.4) is 0 Å². The Morgan fingerprint density at radius 1 is 1.48 bits per heavy atom. The predicted molar refractivity (Wildman–Crippen MR) is 83.6 cm³/mol. The number of carbonyl (C=O) groups is 1. The van der Waals surface area contributed by atoms with E-state index < -0.39 is 5.82 Å². The minimum Gasteiger partial charge on any atom is -0.494 e. The molecule has 1 fully saturated rings. The first kappa shape index (κ1) is 15.5. The average Bonchev–Trinajstić information content (AvgIpc) is 3.15. The lowest BCUT2D eigenvalue weighted by atomic mass is 10.1. The van der Waals surface area contributed by atoms with Crippen LogP contribution in [0.25, 0.3) is 0 Å². The summed E-state index contributed by atoms with van der Waals surface area (Å²) in [7, 11) is 3.29. The first-order chi connectivity index (χ1) is 11.1. The van der Waals surface area contributed by atoms with E-state index in [9.17, 15) is 9.18 Å². The van der Waals surface area contributed by atoms with Crippen molar-refractivity contribution >= 4 is 5.91 Å². The van der Waals surface area contributed by atoms with E-state index in [2.05, 4.69) is 5.10 Å². The molecule has 0 spiro atoms. The van der Waals surface area contributed by atoms with Gasteiger partial charge < -0.3 is 9.64 Å². The van der Waals surface area contributed by atoms with Crippen LogP contribution >= 0.6 is 0 Å². The lowest BCUT2D eigenvalue weighted by Crippen LogP contribution is -2.31. The third-order valence-corrected chi connectivity index (χ3v) is 4.25. The second-order valence-electron chi connectivity index (χ2n) is 5.84. The molecule has 1 aromatic heterocycles. The molecule has 1 aliphatic rings. The molecule has 2 aromatic rings. The van der Waals surface area contributed by atoms with E-state index in [1.807, 2.05) is 24.3 Å². The van der Waals surface area contributed by atoms with Crippen molar-refractivity contribution in [3.63, 3.8) is 0 Å². The van der Waals surface area contributed by atoms with Crippen LogP contribution in [0.15, 0.2) is 30.6 Å². The van der Waals surface area contributed by atoms with Crippen LogP contribution in [0.4, 0.5) is 4.39 Å². The van der Waals surface area contributed by atoms with Gasteiger partial charge in [0.15, 0.2) is 11.6 Å². The molecule has 0 saturated carbocycles. The topological polar surface area (TPSA) is 47.4 Å². The third kappa shape index (κ3) is 3.21. The number of ether oxygens (including phenoxy) is 1. The molecule has 0 radical (unpaired) electrons. The molecule has 3 rings (SSSR count). The number of aryl methyl sites for hydroxylation is 1. The van der Waals surface area contributed by atoms with Crippen LogP contribution in [-0.2, 0) is 18.3 Å². The van der Waals surface area contributed by atoms with Crippen molar-refractivity contribution < 1.29 is 13.9 Å². The van der Waals surface area contributed by atoms with E-state index in [4.69, 9.17) is 4.74 Å². The summed E-state index contributed by atoms with van der Waals surface area (Å²) in [5.41, 5.74) is 1.71. The maximum Gasteiger partial charge on any atom is 0.227 e. The second-order valence-corrected chi connectivity index (χ2v) is 5.84. The van der Waals surface area contributed by atoms with Crippen LogP contribution in [0, 0.1) is 5.82 Å². The molecule has 6 heteroatoms. The highest BCUT2D eigenvalue weighted by Gasteiger charge is 2.30. The van der Waals surface area contributed by atoms with Gasteiger partial charge in [0, 0.05) is 25.4 Å². The fraction of sp³-hybridized carbons (Fsp3) is 0.412. The number of hydrogen-bond acceptors (Lipinski definition) is 3. The van der Waals surface area contributed by atoms with Crippen molar-refractivity contribution in [2.24, 2.45) is 7.05 Å². The Labute approximate surface area is 134 Å². The normalized spacial score (nSPS) is 17.5. The number of benzene rings is 1. The average molecular weight is 317 g/mol. The van der Waals surface area contributed by atoms with Gasteiger partial charge in [-0.3, -0.25) is 9.48 Å². The zero-order chi connectivity index (χ0) is 16.4. The number of likely N-dealkylation sites (tertiary alicyclic amines) is 1. The highest BCUT2D eigenvalue weighted by Crippen LogP contribution is 2.32. The van der Waals surface area contributed by atoms with E-state index in [1.54, 1.807) is 16.8 Å². The molecule has 1 aliphatic heterocycles. The number of rotatable bonds is 4. The van der Waals surface area contributed by atoms with Crippen molar-refractivity contribution in [2.45, 2.75) is 25.3 Å². The summed E-state index contributed by atoms with van der Waals surface area (Å²) in [6.07, 6.45) is 5.86. The number of amides is 1. The van der Waals surface area contributed by atoms with Gasteiger partial charge in [0.1, 0.15) is 0 Å². The molecule has 23 heavy (non-hydrogen) atoms. The number of aromatic nitrogens is 2. The molecule has 122 valence electrons. The first-order valence-electron chi connectivity index (χ1n) is 7.69.